The van der Waals surface area contributed by atoms with Gasteiger partial charge in [0.2, 0.25) is 0 Å². The zero-order chi connectivity index (χ0) is 8.81. The summed E-state index contributed by atoms with van der Waals surface area (Å²) in [6.45, 7) is 2.92. The summed E-state index contributed by atoms with van der Waals surface area (Å²) in [7, 11) is 0. The second-order valence-electron chi connectivity index (χ2n) is 3.05. The zero-order valence-corrected chi connectivity index (χ0v) is 7.59. The molecule has 2 N–H and O–H groups in total. The summed E-state index contributed by atoms with van der Waals surface area (Å²) in [5.74, 6) is 0. The molecule has 2 heteroatoms. The Morgan fingerprint density at radius 2 is 2.25 bits per heavy atom. The van der Waals surface area contributed by atoms with Gasteiger partial charge in [0.05, 0.1) is 0 Å². The minimum atomic E-state index is 0.791. The molecule has 0 aliphatic carbocycles. The van der Waals surface area contributed by atoms with Crippen molar-refractivity contribution in [1.29, 1.82) is 0 Å². The van der Waals surface area contributed by atoms with Crippen LogP contribution in [0.4, 0.5) is 0 Å². The second-order valence-corrected chi connectivity index (χ2v) is 3.05. The molecule has 66 valence electrons. The van der Waals surface area contributed by atoms with Crippen LogP contribution in [0.3, 0.4) is 0 Å². The van der Waals surface area contributed by atoms with Crippen LogP contribution in [-0.2, 0) is 6.42 Å². The Balaban J connectivity index is 2.46. The van der Waals surface area contributed by atoms with Gasteiger partial charge in [-0.2, -0.15) is 0 Å². The van der Waals surface area contributed by atoms with E-state index in [9.17, 15) is 0 Å². The highest BCUT2D eigenvalue weighted by molar-refractivity contribution is 5.21. The first kappa shape index (κ1) is 9.20. The molecular formula is C10H16N2. The summed E-state index contributed by atoms with van der Waals surface area (Å²) >= 11 is 0. The van der Waals surface area contributed by atoms with Crippen molar-refractivity contribution in [3.05, 3.63) is 29.6 Å². The summed E-state index contributed by atoms with van der Waals surface area (Å²) < 4.78 is 0. The third-order valence-corrected chi connectivity index (χ3v) is 2.05. The predicted octanol–water partition coefficient (Wildman–Crippen LogP) is 1.67. The quantitative estimate of drug-likeness (QED) is 0.687. The van der Waals surface area contributed by atoms with Crippen LogP contribution in [0, 0.1) is 6.92 Å². The molecular weight excluding hydrogens is 148 g/mol. The highest BCUT2D eigenvalue weighted by Crippen LogP contribution is 2.08. The summed E-state index contributed by atoms with van der Waals surface area (Å²) in [6, 6.07) is 2.05. The minimum absolute atomic E-state index is 0.791. The minimum Gasteiger partial charge on any atom is -0.330 e. The van der Waals surface area contributed by atoms with Gasteiger partial charge in [0.15, 0.2) is 0 Å². The Kier molecular flexibility index (Phi) is 3.74. The number of hydrogen-bond donors (Lipinski definition) is 1. The number of rotatable bonds is 4. The largest absolute Gasteiger partial charge is 0.330 e. The van der Waals surface area contributed by atoms with Crippen LogP contribution < -0.4 is 5.73 Å². The number of aromatic nitrogens is 1. The fourth-order valence-corrected chi connectivity index (χ4v) is 1.22. The van der Waals surface area contributed by atoms with E-state index in [-0.39, 0.29) is 0 Å². The molecule has 0 radical (unpaired) electrons. The maximum Gasteiger partial charge on any atom is 0.0302 e. The van der Waals surface area contributed by atoms with E-state index in [0.717, 1.165) is 19.4 Å². The maximum atomic E-state index is 5.42. The van der Waals surface area contributed by atoms with Crippen LogP contribution >= 0.6 is 0 Å². The molecule has 0 aliphatic heterocycles. The first-order valence-electron chi connectivity index (χ1n) is 4.44. The van der Waals surface area contributed by atoms with E-state index in [1.807, 2.05) is 12.4 Å². The molecule has 0 fully saturated rings. The Morgan fingerprint density at radius 1 is 1.42 bits per heavy atom. The van der Waals surface area contributed by atoms with Crippen LogP contribution in [0.15, 0.2) is 18.5 Å². The molecule has 1 heterocycles. The van der Waals surface area contributed by atoms with Crippen LogP contribution in [0.25, 0.3) is 0 Å². The molecule has 0 amide bonds. The summed E-state index contributed by atoms with van der Waals surface area (Å²) in [5, 5.41) is 0. The lowest BCUT2D eigenvalue weighted by Gasteiger charge is -2.02. The Hall–Kier alpha value is -0.890. The van der Waals surface area contributed by atoms with Gasteiger partial charge in [0.25, 0.3) is 0 Å². The molecule has 0 saturated carbocycles. The molecule has 12 heavy (non-hydrogen) atoms. The van der Waals surface area contributed by atoms with Gasteiger partial charge in [0, 0.05) is 12.4 Å². The van der Waals surface area contributed by atoms with E-state index in [1.165, 1.54) is 17.5 Å². The number of pyridine rings is 1. The molecule has 0 unspecified atom stereocenters. The van der Waals surface area contributed by atoms with Gasteiger partial charge in [-0.25, -0.2) is 0 Å². The van der Waals surface area contributed by atoms with E-state index in [0.29, 0.717) is 0 Å². The fraction of sp³-hybridized carbons (Fsp3) is 0.500. The fourth-order valence-electron chi connectivity index (χ4n) is 1.22. The first-order valence-corrected chi connectivity index (χ1v) is 4.44. The lowest BCUT2D eigenvalue weighted by atomic mass is 10.1. The van der Waals surface area contributed by atoms with Gasteiger partial charge >= 0.3 is 0 Å². The number of hydrogen-bond acceptors (Lipinski definition) is 2. The molecule has 0 saturated heterocycles. The average molecular weight is 164 g/mol. The molecule has 0 aromatic carbocycles. The third kappa shape index (κ3) is 2.62. The SMILES string of the molecule is Cc1ccncc1CCCCN. The smallest absolute Gasteiger partial charge is 0.0302 e. The molecule has 0 aliphatic rings. The second kappa shape index (κ2) is 4.88. The van der Waals surface area contributed by atoms with E-state index < -0.39 is 0 Å². The van der Waals surface area contributed by atoms with E-state index >= 15 is 0 Å². The molecule has 0 atom stereocenters. The van der Waals surface area contributed by atoms with Gasteiger partial charge in [-0.1, -0.05) is 0 Å². The van der Waals surface area contributed by atoms with Crippen LogP contribution in [0.2, 0.25) is 0 Å². The van der Waals surface area contributed by atoms with Crippen LogP contribution in [0.1, 0.15) is 24.0 Å². The monoisotopic (exact) mass is 164 g/mol. The highest BCUT2D eigenvalue weighted by Gasteiger charge is 1.96. The molecule has 1 aromatic rings. The lowest BCUT2D eigenvalue weighted by Crippen LogP contribution is -1.99. The Labute approximate surface area is 73.8 Å². The molecule has 0 bridgehead atoms. The molecule has 1 rings (SSSR count). The molecule has 2 nitrogen and oxygen atoms in total. The van der Waals surface area contributed by atoms with Crippen LogP contribution in [0.5, 0.6) is 0 Å². The van der Waals surface area contributed by atoms with Gasteiger partial charge < -0.3 is 5.73 Å². The standard InChI is InChI=1S/C10H16N2/c1-9-5-7-12-8-10(9)4-2-3-6-11/h5,7-8H,2-4,6,11H2,1H3. The third-order valence-electron chi connectivity index (χ3n) is 2.05. The van der Waals surface area contributed by atoms with E-state index in [4.69, 9.17) is 5.73 Å². The van der Waals surface area contributed by atoms with Crippen molar-refractivity contribution >= 4 is 0 Å². The Morgan fingerprint density at radius 3 is 2.92 bits per heavy atom. The van der Waals surface area contributed by atoms with Crippen LogP contribution in [-0.4, -0.2) is 11.5 Å². The summed E-state index contributed by atoms with van der Waals surface area (Å²) in [4.78, 5) is 4.09. The highest BCUT2D eigenvalue weighted by atomic mass is 14.6. The Bertz CT molecular complexity index is 233. The summed E-state index contributed by atoms with van der Waals surface area (Å²) in [6.07, 6.45) is 7.17. The van der Waals surface area contributed by atoms with Gasteiger partial charge in [0.1, 0.15) is 0 Å². The molecule has 0 spiro atoms. The van der Waals surface area contributed by atoms with Crippen molar-refractivity contribution in [3.8, 4) is 0 Å². The van der Waals surface area contributed by atoms with Crippen molar-refractivity contribution in [3.63, 3.8) is 0 Å². The summed E-state index contributed by atoms with van der Waals surface area (Å²) in [5.41, 5.74) is 8.10. The normalized spacial score (nSPS) is 10.2. The number of nitrogens with two attached hydrogens (primary N) is 1. The van der Waals surface area contributed by atoms with Crippen molar-refractivity contribution in [2.75, 3.05) is 6.54 Å². The van der Waals surface area contributed by atoms with Crippen molar-refractivity contribution < 1.29 is 0 Å². The predicted molar refractivity (Wildman–Crippen MR) is 51.0 cm³/mol. The number of unbranched alkanes of at least 4 members (excludes halogenated alkanes) is 1. The number of aryl methyl sites for hydroxylation is 2. The maximum absolute atomic E-state index is 5.42. The van der Waals surface area contributed by atoms with Gasteiger partial charge in [-0.05, 0) is 49.9 Å². The zero-order valence-electron chi connectivity index (χ0n) is 7.59. The van der Waals surface area contributed by atoms with E-state index in [1.54, 1.807) is 0 Å². The number of nitrogens with zero attached hydrogens (tertiary/aromatic N) is 1. The average Bonchev–Trinajstić information content (AvgIpc) is 2.09. The van der Waals surface area contributed by atoms with Gasteiger partial charge in [-0.15, -0.1) is 0 Å². The lowest BCUT2D eigenvalue weighted by molar-refractivity contribution is 0.740. The van der Waals surface area contributed by atoms with Gasteiger partial charge in [-0.3, -0.25) is 4.98 Å². The topological polar surface area (TPSA) is 38.9 Å². The van der Waals surface area contributed by atoms with Crippen molar-refractivity contribution in [1.82, 2.24) is 4.98 Å². The van der Waals surface area contributed by atoms with Crippen molar-refractivity contribution in [2.45, 2.75) is 26.2 Å². The van der Waals surface area contributed by atoms with E-state index in [2.05, 4.69) is 18.0 Å². The molecule has 1 aromatic heterocycles. The first-order chi connectivity index (χ1) is 5.84. The van der Waals surface area contributed by atoms with Crippen molar-refractivity contribution in [2.24, 2.45) is 5.73 Å².